The van der Waals surface area contributed by atoms with Gasteiger partial charge in [0.15, 0.2) is 0 Å². The minimum atomic E-state index is -0.681. The predicted octanol–water partition coefficient (Wildman–Crippen LogP) is 3.87. The average Bonchev–Trinajstić information content (AvgIpc) is 3.84. The van der Waals surface area contributed by atoms with E-state index in [1.165, 1.54) is 7.11 Å². The van der Waals surface area contributed by atoms with Crippen LogP contribution in [0, 0.1) is 5.92 Å². The molecule has 0 radical (unpaired) electrons. The molecule has 3 aromatic rings. The molecule has 2 aliphatic rings. The molecular weight excluding hydrogens is 574 g/mol. The molecule has 238 valence electrons. The summed E-state index contributed by atoms with van der Waals surface area (Å²) in [5, 5.41) is 10.9. The van der Waals surface area contributed by atoms with Crippen molar-refractivity contribution in [3.8, 4) is 22.4 Å². The first kappa shape index (κ1) is 31.7. The van der Waals surface area contributed by atoms with Crippen LogP contribution in [-0.2, 0) is 20.9 Å². The van der Waals surface area contributed by atoms with E-state index in [9.17, 15) is 19.2 Å². The Balaban J connectivity index is 1.18. The van der Waals surface area contributed by atoms with E-state index in [-0.39, 0.29) is 29.8 Å². The fourth-order valence-corrected chi connectivity index (χ4v) is 5.84. The highest BCUT2D eigenvalue weighted by Crippen LogP contribution is 2.33. The number of carbonyl (C=O) groups is 4. The number of imide groups is 1. The number of hydrogen-bond donors (Lipinski definition) is 5. The summed E-state index contributed by atoms with van der Waals surface area (Å²) < 4.78 is 4.72. The van der Waals surface area contributed by atoms with E-state index in [1.807, 2.05) is 62.4 Å². The van der Waals surface area contributed by atoms with Crippen molar-refractivity contribution >= 4 is 23.9 Å². The number of ether oxygens (including phenoxy) is 1. The number of benzene rings is 2. The van der Waals surface area contributed by atoms with Gasteiger partial charge in [-0.05, 0) is 60.4 Å². The van der Waals surface area contributed by atoms with Crippen LogP contribution in [0.5, 0.6) is 0 Å². The van der Waals surface area contributed by atoms with Gasteiger partial charge in [-0.15, -0.1) is 0 Å². The van der Waals surface area contributed by atoms with Gasteiger partial charge in [0.25, 0.3) is 0 Å². The van der Waals surface area contributed by atoms with E-state index in [0.717, 1.165) is 66.0 Å². The second-order valence-corrected chi connectivity index (χ2v) is 11.8. The van der Waals surface area contributed by atoms with Gasteiger partial charge in [0.05, 0.1) is 31.1 Å². The number of H-pyrrole nitrogens is 1. The van der Waals surface area contributed by atoms with E-state index >= 15 is 0 Å². The Bertz CT molecular complexity index is 1500. The monoisotopic (exact) mass is 615 g/mol. The molecule has 5 amide bonds. The number of methoxy groups -OCH3 is 1. The Kier molecular flexibility index (Phi) is 10.1. The Morgan fingerprint density at radius 3 is 2.31 bits per heavy atom. The molecule has 2 aromatic carbocycles. The van der Waals surface area contributed by atoms with E-state index in [0.29, 0.717) is 13.1 Å². The smallest absolute Gasteiger partial charge is 0.407 e. The van der Waals surface area contributed by atoms with Crippen molar-refractivity contribution in [3.05, 3.63) is 66.1 Å². The van der Waals surface area contributed by atoms with Gasteiger partial charge in [0.2, 0.25) is 11.8 Å². The van der Waals surface area contributed by atoms with Crippen LogP contribution in [0.1, 0.15) is 57.0 Å². The lowest BCUT2D eigenvalue weighted by Gasteiger charge is -2.30. The Morgan fingerprint density at radius 2 is 1.67 bits per heavy atom. The number of likely N-dealkylation sites (tertiary alicyclic amines) is 1. The van der Waals surface area contributed by atoms with Crippen molar-refractivity contribution in [2.75, 3.05) is 20.2 Å². The minimum absolute atomic E-state index is 0.0984. The molecule has 5 rings (SSSR count). The molecule has 1 aromatic heterocycles. The van der Waals surface area contributed by atoms with Gasteiger partial charge >= 0.3 is 12.1 Å². The summed E-state index contributed by atoms with van der Waals surface area (Å²) >= 11 is 0. The van der Waals surface area contributed by atoms with Gasteiger partial charge in [-0.3, -0.25) is 14.9 Å². The van der Waals surface area contributed by atoms with E-state index in [1.54, 1.807) is 11.1 Å². The van der Waals surface area contributed by atoms with Crippen molar-refractivity contribution in [1.82, 2.24) is 36.1 Å². The lowest BCUT2D eigenvalue weighted by molar-refractivity contribution is -0.135. The summed E-state index contributed by atoms with van der Waals surface area (Å²) in [5.41, 5.74) is 4.81. The maximum atomic E-state index is 13.4. The van der Waals surface area contributed by atoms with Crippen LogP contribution >= 0.6 is 0 Å². The summed E-state index contributed by atoms with van der Waals surface area (Å²) in [6.45, 7) is 5.49. The van der Waals surface area contributed by atoms with E-state index in [4.69, 9.17) is 4.74 Å². The first-order chi connectivity index (χ1) is 21.7. The van der Waals surface area contributed by atoms with E-state index < -0.39 is 18.2 Å². The standard InChI is InChI=1S/C33H41N7O5/c1-20(2)28(38-33(44)45-3)31(42)40-17-5-7-27(40)29-35-19-26(37-29)24-14-12-23(13-15-24)22-10-8-21(9-11-22)18-36-32(43)39-30(41)25-6-4-16-34-25/h8-15,19-20,25,27-28,34H,4-7,16-18H2,1-3H3,(H,35,37)(H,38,44)(H2,36,39,41,43)/t25?,27?,28-/m0/s1. The predicted molar refractivity (Wildman–Crippen MR) is 169 cm³/mol. The lowest BCUT2D eigenvalue weighted by atomic mass is 10.0. The second kappa shape index (κ2) is 14.4. The summed E-state index contributed by atoms with van der Waals surface area (Å²) in [5.74, 6) is 0.185. The normalized spacial score (nSPS) is 18.4. The molecule has 2 fully saturated rings. The number of imidazole rings is 1. The molecule has 0 aliphatic carbocycles. The number of hydrogen-bond acceptors (Lipinski definition) is 7. The number of rotatable bonds is 9. The number of aromatic nitrogens is 2. The number of aromatic amines is 1. The third kappa shape index (κ3) is 7.69. The summed E-state index contributed by atoms with van der Waals surface area (Å²) in [4.78, 5) is 59.3. The van der Waals surface area contributed by atoms with Gasteiger partial charge in [-0.25, -0.2) is 14.6 Å². The molecule has 0 bridgehead atoms. The SMILES string of the molecule is COC(=O)N[C@H](C(=O)N1CCCC1c1ncc(-c2ccc(-c3ccc(CNC(=O)NC(=O)C4CCCN4)cc3)cc2)[nH]1)C(C)C. The number of nitrogens with one attached hydrogen (secondary N) is 5. The van der Waals surface area contributed by atoms with E-state index in [2.05, 4.69) is 31.2 Å². The molecule has 2 saturated heterocycles. The zero-order valence-electron chi connectivity index (χ0n) is 25.9. The Labute approximate surface area is 262 Å². The largest absolute Gasteiger partial charge is 0.453 e. The van der Waals surface area contributed by atoms with Gasteiger partial charge in [0.1, 0.15) is 11.9 Å². The fraction of sp³-hybridized carbons (Fsp3) is 0.424. The average molecular weight is 616 g/mol. The van der Waals surface area contributed by atoms with Crippen molar-refractivity contribution in [2.45, 2.75) is 64.2 Å². The quantitative estimate of drug-likeness (QED) is 0.245. The third-order valence-electron chi connectivity index (χ3n) is 8.39. The van der Waals surface area contributed by atoms with Crippen LogP contribution in [-0.4, -0.2) is 71.1 Å². The molecule has 3 heterocycles. The van der Waals surface area contributed by atoms with Crippen molar-refractivity contribution in [1.29, 1.82) is 0 Å². The van der Waals surface area contributed by atoms with Crippen LogP contribution in [0.2, 0.25) is 0 Å². The summed E-state index contributed by atoms with van der Waals surface area (Å²) in [6.07, 6.45) is 4.47. The Morgan fingerprint density at radius 1 is 0.978 bits per heavy atom. The first-order valence-electron chi connectivity index (χ1n) is 15.4. The number of alkyl carbamates (subject to hydrolysis) is 1. The maximum absolute atomic E-state index is 13.4. The highest BCUT2D eigenvalue weighted by molar-refractivity contribution is 5.97. The minimum Gasteiger partial charge on any atom is -0.453 e. The maximum Gasteiger partial charge on any atom is 0.407 e. The zero-order valence-corrected chi connectivity index (χ0v) is 25.9. The molecule has 12 heteroatoms. The second-order valence-electron chi connectivity index (χ2n) is 11.8. The van der Waals surface area contributed by atoms with Gasteiger partial charge in [-0.1, -0.05) is 62.4 Å². The number of amides is 5. The number of nitrogens with zero attached hydrogens (tertiary/aromatic N) is 2. The topological polar surface area (TPSA) is 158 Å². The summed E-state index contributed by atoms with van der Waals surface area (Å²) in [7, 11) is 1.28. The van der Waals surface area contributed by atoms with Gasteiger partial charge < -0.3 is 30.6 Å². The first-order valence-corrected chi connectivity index (χ1v) is 15.4. The molecular formula is C33H41N7O5. The highest BCUT2D eigenvalue weighted by atomic mass is 16.5. The molecule has 3 atom stereocenters. The number of carbonyl (C=O) groups excluding carboxylic acids is 4. The molecule has 2 aliphatic heterocycles. The molecule has 0 spiro atoms. The molecule has 12 nitrogen and oxygen atoms in total. The third-order valence-corrected chi connectivity index (χ3v) is 8.39. The van der Waals surface area contributed by atoms with Crippen molar-refractivity contribution in [3.63, 3.8) is 0 Å². The molecule has 5 N–H and O–H groups in total. The Hall–Kier alpha value is -4.71. The highest BCUT2D eigenvalue weighted by Gasteiger charge is 2.37. The fourth-order valence-electron chi connectivity index (χ4n) is 5.84. The molecule has 45 heavy (non-hydrogen) atoms. The zero-order chi connectivity index (χ0) is 31.9. The van der Waals surface area contributed by atoms with Gasteiger partial charge in [0, 0.05) is 13.1 Å². The number of urea groups is 1. The van der Waals surface area contributed by atoms with Crippen LogP contribution in [0.4, 0.5) is 9.59 Å². The summed E-state index contributed by atoms with van der Waals surface area (Å²) in [6, 6.07) is 14.3. The lowest BCUT2D eigenvalue weighted by Crippen LogP contribution is -2.51. The van der Waals surface area contributed by atoms with Crippen molar-refractivity contribution in [2.24, 2.45) is 5.92 Å². The van der Waals surface area contributed by atoms with Crippen molar-refractivity contribution < 1.29 is 23.9 Å². The van der Waals surface area contributed by atoms with Crippen LogP contribution in [0.15, 0.2) is 54.7 Å². The van der Waals surface area contributed by atoms with Crippen LogP contribution < -0.4 is 21.3 Å². The van der Waals surface area contributed by atoms with Crippen LogP contribution in [0.3, 0.4) is 0 Å². The molecule has 0 saturated carbocycles. The van der Waals surface area contributed by atoms with Crippen LogP contribution in [0.25, 0.3) is 22.4 Å². The molecule has 2 unspecified atom stereocenters. The van der Waals surface area contributed by atoms with Gasteiger partial charge in [-0.2, -0.15) is 0 Å².